The molecule has 1 aromatic rings. The second-order valence-electron chi connectivity index (χ2n) is 3.37. The standard InChI is InChI=1S/C10H9NO4/c12-10-5-4-9(15-10)7-2-1-3-8(6-7)11(13)14/h1-3,6,9H,4-5H2. The highest BCUT2D eigenvalue weighted by atomic mass is 16.6. The molecule has 1 aromatic carbocycles. The number of carbonyl (C=O) groups is 1. The number of ether oxygens (including phenoxy) is 1. The maximum absolute atomic E-state index is 10.9. The van der Waals surface area contributed by atoms with Crippen molar-refractivity contribution in [1.29, 1.82) is 0 Å². The molecule has 0 aliphatic carbocycles. The molecule has 0 amide bonds. The molecule has 5 heteroatoms. The van der Waals surface area contributed by atoms with Crippen LogP contribution in [0.3, 0.4) is 0 Å². The van der Waals surface area contributed by atoms with Gasteiger partial charge in [0.15, 0.2) is 0 Å². The molecule has 2 rings (SSSR count). The third kappa shape index (κ3) is 1.96. The predicted octanol–water partition coefficient (Wildman–Crippen LogP) is 1.97. The van der Waals surface area contributed by atoms with Gasteiger partial charge in [-0.2, -0.15) is 0 Å². The fourth-order valence-corrected chi connectivity index (χ4v) is 1.60. The zero-order chi connectivity index (χ0) is 10.8. The van der Waals surface area contributed by atoms with Crippen LogP contribution >= 0.6 is 0 Å². The number of nitro benzene ring substituents is 1. The Bertz CT molecular complexity index is 416. The molecule has 1 aliphatic rings. The van der Waals surface area contributed by atoms with Gasteiger partial charge < -0.3 is 4.74 Å². The van der Waals surface area contributed by atoms with Crippen molar-refractivity contribution in [2.45, 2.75) is 18.9 Å². The number of nitrogens with zero attached hydrogens (tertiary/aromatic N) is 1. The minimum Gasteiger partial charge on any atom is -0.457 e. The summed E-state index contributed by atoms with van der Waals surface area (Å²) in [7, 11) is 0. The molecule has 1 saturated heterocycles. The minimum atomic E-state index is -0.458. The Kier molecular flexibility index (Phi) is 2.37. The van der Waals surface area contributed by atoms with Crippen molar-refractivity contribution in [3.8, 4) is 0 Å². The molecule has 1 heterocycles. The molecule has 5 nitrogen and oxygen atoms in total. The van der Waals surface area contributed by atoms with Crippen LogP contribution in [0.5, 0.6) is 0 Å². The number of non-ortho nitro benzene ring substituents is 1. The third-order valence-electron chi connectivity index (χ3n) is 2.34. The Morgan fingerprint density at radius 2 is 2.27 bits per heavy atom. The summed E-state index contributed by atoms with van der Waals surface area (Å²) < 4.78 is 5.02. The van der Waals surface area contributed by atoms with Crippen LogP contribution in [0.2, 0.25) is 0 Å². The van der Waals surface area contributed by atoms with Crippen molar-refractivity contribution in [2.24, 2.45) is 0 Å². The molecular weight excluding hydrogens is 198 g/mol. The van der Waals surface area contributed by atoms with E-state index in [-0.39, 0.29) is 17.8 Å². The van der Waals surface area contributed by atoms with E-state index in [2.05, 4.69) is 0 Å². The van der Waals surface area contributed by atoms with Gasteiger partial charge in [-0.1, -0.05) is 12.1 Å². The second-order valence-corrected chi connectivity index (χ2v) is 3.37. The summed E-state index contributed by atoms with van der Waals surface area (Å²) in [5.41, 5.74) is 0.713. The monoisotopic (exact) mass is 207 g/mol. The average molecular weight is 207 g/mol. The lowest BCUT2D eigenvalue weighted by Crippen LogP contribution is -1.99. The lowest BCUT2D eigenvalue weighted by Gasteiger charge is -2.08. The van der Waals surface area contributed by atoms with E-state index in [0.29, 0.717) is 18.4 Å². The van der Waals surface area contributed by atoms with Crippen LogP contribution in [0.1, 0.15) is 24.5 Å². The number of carbonyl (C=O) groups excluding carboxylic acids is 1. The fourth-order valence-electron chi connectivity index (χ4n) is 1.60. The Balaban J connectivity index is 2.25. The number of benzene rings is 1. The molecule has 0 aromatic heterocycles. The summed E-state index contributed by atoms with van der Waals surface area (Å²) in [6.07, 6.45) is 0.658. The first-order valence-electron chi connectivity index (χ1n) is 4.60. The largest absolute Gasteiger partial charge is 0.457 e. The van der Waals surface area contributed by atoms with Crippen molar-refractivity contribution >= 4 is 11.7 Å². The summed E-state index contributed by atoms with van der Waals surface area (Å²) in [5, 5.41) is 10.5. The molecule has 0 bridgehead atoms. The molecule has 1 fully saturated rings. The topological polar surface area (TPSA) is 69.4 Å². The maximum Gasteiger partial charge on any atom is 0.306 e. The highest BCUT2D eigenvalue weighted by Gasteiger charge is 2.25. The Labute approximate surface area is 85.8 Å². The van der Waals surface area contributed by atoms with Crippen molar-refractivity contribution in [1.82, 2.24) is 0 Å². The number of cyclic esters (lactones) is 1. The first-order chi connectivity index (χ1) is 7.16. The lowest BCUT2D eigenvalue weighted by molar-refractivity contribution is -0.385. The van der Waals surface area contributed by atoms with Crippen LogP contribution < -0.4 is 0 Å². The third-order valence-corrected chi connectivity index (χ3v) is 2.34. The molecule has 0 radical (unpaired) electrons. The molecule has 15 heavy (non-hydrogen) atoms. The molecule has 1 unspecified atom stereocenters. The van der Waals surface area contributed by atoms with E-state index in [4.69, 9.17) is 4.74 Å². The molecule has 1 atom stereocenters. The van der Waals surface area contributed by atoms with Crippen molar-refractivity contribution < 1.29 is 14.5 Å². The average Bonchev–Trinajstić information content (AvgIpc) is 2.65. The van der Waals surface area contributed by atoms with Gasteiger partial charge in [-0.25, -0.2) is 0 Å². The predicted molar refractivity (Wildman–Crippen MR) is 51.2 cm³/mol. The van der Waals surface area contributed by atoms with Gasteiger partial charge in [0.1, 0.15) is 6.10 Å². The van der Waals surface area contributed by atoms with Gasteiger partial charge in [-0.15, -0.1) is 0 Å². The molecule has 78 valence electrons. The van der Waals surface area contributed by atoms with E-state index in [0.717, 1.165) is 0 Å². The van der Waals surface area contributed by atoms with Crippen LogP contribution in [0.4, 0.5) is 5.69 Å². The van der Waals surface area contributed by atoms with Crippen molar-refractivity contribution in [3.63, 3.8) is 0 Å². The molecule has 0 saturated carbocycles. The van der Waals surface area contributed by atoms with Crippen LogP contribution in [0.25, 0.3) is 0 Å². The lowest BCUT2D eigenvalue weighted by atomic mass is 10.1. The van der Waals surface area contributed by atoms with E-state index in [9.17, 15) is 14.9 Å². The smallest absolute Gasteiger partial charge is 0.306 e. The molecule has 1 aliphatic heterocycles. The summed E-state index contributed by atoms with van der Waals surface area (Å²) in [6.45, 7) is 0. The van der Waals surface area contributed by atoms with Gasteiger partial charge in [0, 0.05) is 18.6 Å². The summed E-state index contributed by atoms with van der Waals surface area (Å²) in [5.74, 6) is -0.244. The second kappa shape index (κ2) is 3.68. The Morgan fingerprint density at radius 1 is 1.47 bits per heavy atom. The van der Waals surface area contributed by atoms with E-state index in [1.807, 2.05) is 0 Å². The number of hydrogen-bond acceptors (Lipinski definition) is 4. The van der Waals surface area contributed by atoms with Gasteiger partial charge in [0.2, 0.25) is 0 Å². The Morgan fingerprint density at radius 3 is 2.87 bits per heavy atom. The van der Waals surface area contributed by atoms with E-state index in [1.54, 1.807) is 12.1 Å². The number of hydrogen-bond donors (Lipinski definition) is 0. The Hall–Kier alpha value is -1.91. The van der Waals surface area contributed by atoms with E-state index < -0.39 is 4.92 Å². The van der Waals surface area contributed by atoms with Gasteiger partial charge in [0.25, 0.3) is 5.69 Å². The SMILES string of the molecule is O=C1CCC(c2cccc([N+](=O)[O-])c2)O1. The van der Waals surface area contributed by atoms with Crippen molar-refractivity contribution in [3.05, 3.63) is 39.9 Å². The summed E-state index contributed by atoms with van der Waals surface area (Å²) >= 11 is 0. The molecular formula is C10H9NO4. The zero-order valence-electron chi connectivity index (χ0n) is 7.88. The van der Waals surface area contributed by atoms with Gasteiger partial charge in [0.05, 0.1) is 4.92 Å². The molecule has 0 N–H and O–H groups in total. The van der Waals surface area contributed by atoms with Crippen LogP contribution in [0.15, 0.2) is 24.3 Å². The fraction of sp³-hybridized carbons (Fsp3) is 0.300. The van der Waals surface area contributed by atoms with E-state index in [1.165, 1.54) is 12.1 Å². The first-order valence-corrected chi connectivity index (χ1v) is 4.60. The summed E-state index contributed by atoms with van der Waals surface area (Å²) in [4.78, 5) is 21.0. The van der Waals surface area contributed by atoms with Crippen molar-refractivity contribution in [2.75, 3.05) is 0 Å². The molecule has 0 spiro atoms. The van der Waals surface area contributed by atoms with Gasteiger partial charge >= 0.3 is 5.97 Å². The van der Waals surface area contributed by atoms with Crippen LogP contribution in [-0.4, -0.2) is 10.9 Å². The van der Waals surface area contributed by atoms with Crippen LogP contribution in [0, 0.1) is 10.1 Å². The normalized spacial score (nSPS) is 20.0. The highest BCUT2D eigenvalue weighted by molar-refractivity contribution is 5.71. The maximum atomic E-state index is 10.9. The van der Waals surface area contributed by atoms with E-state index >= 15 is 0 Å². The number of esters is 1. The van der Waals surface area contributed by atoms with Gasteiger partial charge in [-0.05, 0) is 12.0 Å². The quantitative estimate of drug-likeness (QED) is 0.422. The first kappa shape index (κ1) is 9.64. The van der Waals surface area contributed by atoms with Gasteiger partial charge in [-0.3, -0.25) is 14.9 Å². The zero-order valence-corrected chi connectivity index (χ0v) is 7.88. The highest BCUT2D eigenvalue weighted by Crippen LogP contribution is 2.30. The summed E-state index contributed by atoms with van der Waals surface area (Å²) in [6, 6.07) is 6.19. The van der Waals surface area contributed by atoms with Crippen LogP contribution in [-0.2, 0) is 9.53 Å². The minimum absolute atomic E-state index is 0.0236. The number of rotatable bonds is 2. The number of nitro groups is 1.